The molecule has 0 aliphatic carbocycles. The highest BCUT2D eigenvalue weighted by atomic mass is 35.5. The number of nitrogens with zero attached hydrogens (tertiary/aromatic N) is 2. The SMILES string of the molecule is CCOc1ccc(C(=O)N2c3ccccc3[C@H](N(C(C)=O)c3ccc(Cl)cc3)C[C@@H]2C)cc1. The fourth-order valence-corrected chi connectivity index (χ4v) is 4.64. The third kappa shape index (κ3) is 4.60. The number of halogens is 1. The van der Waals surface area contributed by atoms with Gasteiger partial charge in [-0.3, -0.25) is 9.59 Å². The summed E-state index contributed by atoms with van der Waals surface area (Å²) >= 11 is 6.07. The van der Waals surface area contributed by atoms with E-state index >= 15 is 0 Å². The molecule has 2 amide bonds. The van der Waals surface area contributed by atoms with Gasteiger partial charge >= 0.3 is 0 Å². The highest BCUT2D eigenvalue weighted by Gasteiger charge is 2.38. The van der Waals surface area contributed by atoms with E-state index < -0.39 is 0 Å². The Morgan fingerprint density at radius 1 is 1.03 bits per heavy atom. The van der Waals surface area contributed by atoms with Gasteiger partial charge in [0.2, 0.25) is 5.91 Å². The number of benzene rings is 3. The topological polar surface area (TPSA) is 49.9 Å². The fourth-order valence-electron chi connectivity index (χ4n) is 4.52. The number of anilines is 2. The molecule has 1 heterocycles. The summed E-state index contributed by atoms with van der Waals surface area (Å²) in [5, 5.41) is 0.617. The molecule has 6 heteroatoms. The van der Waals surface area contributed by atoms with Gasteiger partial charge in [0.1, 0.15) is 5.75 Å². The lowest BCUT2D eigenvalue weighted by molar-refractivity contribution is -0.117. The van der Waals surface area contributed by atoms with Crippen LogP contribution in [-0.2, 0) is 4.79 Å². The Bertz CT molecular complexity index is 1140. The van der Waals surface area contributed by atoms with E-state index in [1.807, 2.05) is 67.3 Å². The lowest BCUT2D eigenvalue weighted by atomic mass is 9.89. The first kappa shape index (κ1) is 22.9. The van der Waals surface area contributed by atoms with Crippen molar-refractivity contribution in [2.75, 3.05) is 16.4 Å². The van der Waals surface area contributed by atoms with Crippen molar-refractivity contribution in [3.63, 3.8) is 0 Å². The van der Waals surface area contributed by atoms with Crippen molar-refractivity contribution < 1.29 is 14.3 Å². The van der Waals surface area contributed by atoms with Crippen LogP contribution in [0.2, 0.25) is 5.02 Å². The second kappa shape index (κ2) is 9.67. The van der Waals surface area contributed by atoms with Crippen LogP contribution in [0.4, 0.5) is 11.4 Å². The minimum atomic E-state index is -0.195. The smallest absolute Gasteiger partial charge is 0.258 e. The Labute approximate surface area is 199 Å². The number of para-hydroxylation sites is 1. The summed E-state index contributed by atoms with van der Waals surface area (Å²) in [5.41, 5.74) is 3.14. The summed E-state index contributed by atoms with van der Waals surface area (Å²) in [4.78, 5) is 29.9. The molecule has 4 rings (SSSR count). The van der Waals surface area contributed by atoms with Gasteiger partial charge in [-0.1, -0.05) is 29.8 Å². The molecule has 0 N–H and O–H groups in total. The molecule has 1 aliphatic heterocycles. The van der Waals surface area contributed by atoms with Gasteiger partial charge in [0, 0.05) is 34.9 Å². The first-order valence-corrected chi connectivity index (χ1v) is 11.5. The van der Waals surface area contributed by atoms with E-state index in [0.29, 0.717) is 23.6 Å². The van der Waals surface area contributed by atoms with Crippen molar-refractivity contribution in [1.82, 2.24) is 0 Å². The van der Waals surface area contributed by atoms with Crippen molar-refractivity contribution in [2.45, 2.75) is 39.3 Å². The quantitative estimate of drug-likeness (QED) is 0.448. The molecule has 0 bridgehead atoms. The minimum absolute atomic E-state index is 0.0596. The van der Waals surface area contributed by atoms with E-state index in [4.69, 9.17) is 16.3 Å². The van der Waals surface area contributed by atoms with Crippen LogP contribution in [0.1, 0.15) is 49.2 Å². The maximum absolute atomic E-state index is 13.5. The third-order valence-corrected chi connectivity index (χ3v) is 6.20. The number of carbonyl (C=O) groups is 2. The number of rotatable bonds is 5. The van der Waals surface area contributed by atoms with Crippen molar-refractivity contribution in [3.8, 4) is 5.75 Å². The molecule has 0 radical (unpaired) electrons. The summed E-state index contributed by atoms with van der Waals surface area (Å²) in [7, 11) is 0. The number of fused-ring (bicyclic) bond motifs is 1. The van der Waals surface area contributed by atoms with Crippen LogP contribution in [0.25, 0.3) is 0 Å². The van der Waals surface area contributed by atoms with Crippen LogP contribution in [0.5, 0.6) is 5.75 Å². The third-order valence-electron chi connectivity index (χ3n) is 5.95. The fraction of sp³-hybridized carbons (Fsp3) is 0.259. The monoisotopic (exact) mass is 462 g/mol. The molecule has 0 fully saturated rings. The van der Waals surface area contributed by atoms with Crippen molar-refractivity contribution >= 4 is 34.8 Å². The van der Waals surface area contributed by atoms with Crippen LogP contribution in [0.3, 0.4) is 0 Å². The van der Waals surface area contributed by atoms with Gasteiger partial charge in [0.25, 0.3) is 5.91 Å². The van der Waals surface area contributed by atoms with Gasteiger partial charge in [0.15, 0.2) is 0 Å². The lowest BCUT2D eigenvalue weighted by Gasteiger charge is -2.43. The first-order chi connectivity index (χ1) is 15.9. The minimum Gasteiger partial charge on any atom is -0.494 e. The zero-order valence-corrected chi connectivity index (χ0v) is 19.8. The molecule has 0 saturated carbocycles. The molecular formula is C27H27ClN2O3. The van der Waals surface area contributed by atoms with Crippen LogP contribution in [0.15, 0.2) is 72.8 Å². The molecule has 0 unspecified atom stereocenters. The van der Waals surface area contributed by atoms with Crippen molar-refractivity contribution in [2.24, 2.45) is 0 Å². The summed E-state index contributed by atoms with van der Waals surface area (Å²) < 4.78 is 5.51. The molecule has 170 valence electrons. The summed E-state index contributed by atoms with van der Waals surface area (Å²) in [6.45, 7) is 6.09. The van der Waals surface area contributed by atoms with Crippen molar-refractivity contribution in [3.05, 3.63) is 88.9 Å². The highest BCUT2D eigenvalue weighted by Crippen LogP contribution is 2.42. The average Bonchev–Trinajstić information content (AvgIpc) is 2.81. The average molecular weight is 463 g/mol. The number of carbonyl (C=O) groups excluding carboxylic acids is 2. The number of hydrogen-bond acceptors (Lipinski definition) is 3. The van der Waals surface area contributed by atoms with E-state index in [9.17, 15) is 9.59 Å². The summed E-state index contributed by atoms with van der Waals surface area (Å²) in [6.07, 6.45) is 0.613. The second-order valence-corrected chi connectivity index (χ2v) is 8.59. The van der Waals surface area contributed by atoms with Gasteiger partial charge in [-0.05, 0) is 80.4 Å². The largest absolute Gasteiger partial charge is 0.494 e. The van der Waals surface area contributed by atoms with E-state index in [-0.39, 0.29) is 23.9 Å². The molecule has 3 aromatic rings. The summed E-state index contributed by atoms with van der Waals surface area (Å²) in [5.74, 6) is 0.606. The highest BCUT2D eigenvalue weighted by molar-refractivity contribution is 6.30. The van der Waals surface area contributed by atoms with Gasteiger partial charge in [-0.2, -0.15) is 0 Å². The molecule has 0 spiro atoms. The van der Waals surface area contributed by atoms with Crippen LogP contribution in [0, 0.1) is 0 Å². The Balaban J connectivity index is 1.72. The molecule has 2 atom stereocenters. The van der Waals surface area contributed by atoms with Crippen LogP contribution >= 0.6 is 11.6 Å². The Kier molecular flexibility index (Phi) is 6.70. The van der Waals surface area contributed by atoms with Gasteiger partial charge < -0.3 is 14.5 Å². The second-order valence-electron chi connectivity index (χ2n) is 8.16. The Hall–Kier alpha value is -3.31. The zero-order valence-electron chi connectivity index (χ0n) is 19.0. The molecule has 0 saturated heterocycles. The molecule has 0 aromatic heterocycles. The van der Waals surface area contributed by atoms with Gasteiger partial charge in [-0.15, -0.1) is 0 Å². The number of ether oxygens (including phenoxy) is 1. The lowest BCUT2D eigenvalue weighted by Crippen LogP contribution is -2.47. The normalized spacial score (nSPS) is 17.3. The Morgan fingerprint density at radius 2 is 1.70 bits per heavy atom. The van der Waals surface area contributed by atoms with E-state index in [1.54, 1.807) is 36.1 Å². The standard InChI is InChI=1S/C27H27ClN2O3/c1-4-33-23-15-9-20(10-16-23)27(32)29-18(2)17-26(24-7-5-6-8-25(24)29)30(19(3)31)22-13-11-21(28)12-14-22/h5-16,18,26H,4,17H2,1-3H3/t18-,26+/m0/s1. The Morgan fingerprint density at radius 3 is 2.33 bits per heavy atom. The molecular weight excluding hydrogens is 436 g/mol. The molecule has 3 aromatic carbocycles. The van der Waals surface area contributed by atoms with Gasteiger partial charge in [-0.25, -0.2) is 0 Å². The first-order valence-electron chi connectivity index (χ1n) is 11.1. The maximum atomic E-state index is 13.5. The number of amides is 2. The van der Waals surface area contributed by atoms with E-state index in [2.05, 4.69) is 0 Å². The van der Waals surface area contributed by atoms with Crippen LogP contribution in [-0.4, -0.2) is 24.5 Å². The predicted molar refractivity (Wildman–Crippen MR) is 132 cm³/mol. The molecule has 5 nitrogen and oxygen atoms in total. The maximum Gasteiger partial charge on any atom is 0.258 e. The summed E-state index contributed by atoms with van der Waals surface area (Å²) in [6, 6.07) is 22.0. The zero-order chi connectivity index (χ0) is 23.5. The predicted octanol–water partition coefficient (Wildman–Crippen LogP) is 6.27. The van der Waals surface area contributed by atoms with Crippen LogP contribution < -0.4 is 14.5 Å². The molecule has 1 aliphatic rings. The van der Waals surface area contributed by atoms with E-state index in [1.165, 1.54) is 0 Å². The van der Waals surface area contributed by atoms with Crippen molar-refractivity contribution in [1.29, 1.82) is 0 Å². The van der Waals surface area contributed by atoms with E-state index in [0.717, 1.165) is 22.7 Å². The van der Waals surface area contributed by atoms with Gasteiger partial charge in [0.05, 0.1) is 12.6 Å². The number of hydrogen-bond donors (Lipinski definition) is 0. The molecule has 33 heavy (non-hydrogen) atoms.